The molecule has 3 nitrogen and oxygen atoms in total. The third kappa shape index (κ3) is 2.70. The fraction of sp³-hybridized carbons (Fsp3) is 0.250. The van der Waals surface area contributed by atoms with Gasteiger partial charge in [0.1, 0.15) is 5.84 Å². The van der Waals surface area contributed by atoms with E-state index in [1.54, 1.807) is 6.20 Å². The van der Waals surface area contributed by atoms with Crippen molar-refractivity contribution in [2.24, 2.45) is 10.7 Å². The monoisotopic (exact) mass is 283 g/mol. The van der Waals surface area contributed by atoms with Crippen LogP contribution in [0.2, 0.25) is 0 Å². The predicted octanol–water partition coefficient (Wildman–Crippen LogP) is 3.51. The van der Waals surface area contributed by atoms with E-state index in [2.05, 4.69) is 41.7 Å². The van der Waals surface area contributed by atoms with E-state index in [1.807, 2.05) is 12.3 Å². The first kappa shape index (κ1) is 13.2. The second-order valence-corrected chi connectivity index (χ2v) is 5.80. The van der Waals surface area contributed by atoms with Gasteiger partial charge in [-0.05, 0) is 48.6 Å². The first-order valence-corrected chi connectivity index (χ1v) is 7.15. The predicted molar refractivity (Wildman–Crippen MR) is 85.7 cm³/mol. The molecule has 0 spiro atoms. The molecule has 0 saturated heterocycles. The van der Waals surface area contributed by atoms with Crippen molar-refractivity contribution >= 4 is 24.0 Å². The normalized spacial score (nSPS) is 18.8. The number of hydrogen-bond acceptors (Lipinski definition) is 4. The number of hydrogen-bond donors (Lipinski definition) is 2. The molecule has 0 atom stereocenters. The van der Waals surface area contributed by atoms with Crippen LogP contribution in [-0.4, -0.2) is 10.8 Å². The van der Waals surface area contributed by atoms with Crippen LogP contribution in [0.25, 0.3) is 5.57 Å². The van der Waals surface area contributed by atoms with Gasteiger partial charge in [0.15, 0.2) is 0 Å². The second-order valence-electron chi connectivity index (χ2n) is 5.28. The fourth-order valence-corrected chi connectivity index (χ4v) is 2.84. The molecule has 1 aliphatic carbocycles. The molecule has 2 N–H and O–H groups in total. The largest absolute Gasteiger partial charge is 0.387 e. The van der Waals surface area contributed by atoms with Gasteiger partial charge in [0.2, 0.25) is 0 Å². The Balaban J connectivity index is 2.04. The number of aromatic nitrogens is 1. The molecule has 0 bridgehead atoms. The Morgan fingerprint density at radius 1 is 1.20 bits per heavy atom. The Bertz CT molecular complexity index is 681. The van der Waals surface area contributed by atoms with Gasteiger partial charge in [0.05, 0.1) is 5.70 Å². The maximum atomic E-state index is 5.96. The number of aliphatic imine (C=N–C) groups is 1. The Morgan fingerprint density at radius 2 is 2.05 bits per heavy atom. The molecular formula is C16H17N3S. The summed E-state index contributed by atoms with van der Waals surface area (Å²) < 4.78 is 0. The third-order valence-corrected chi connectivity index (χ3v) is 3.79. The summed E-state index contributed by atoms with van der Waals surface area (Å²) in [5.74, 6) is 0.683. The molecule has 0 amide bonds. The molecule has 20 heavy (non-hydrogen) atoms. The van der Waals surface area contributed by atoms with Crippen molar-refractivity contribution in [1.29, 1.82) is 0 Å². The molecule has 102 valence electrons. The minimum Gasteiger partial charge on any atom is -0.387 e. The number of thiol groups is 1. The fourth-order valence-electron chi connectivity index (χ4n) is 2.64. The van der Waals surface area contributed by atoms with Crippen molar-refractivity contribution in [2.75, 3.05) is 0 Å². The van der Waals surface area contributed by atoms with Gasteiger partial charge in [0.25, 0.3) is 0 Å². The molecule has 3 rings (SSSR count). The first-order chi connectivity index (χ1) is 9.61. The van der Waals surface area contributed by atoms with Crippen LogP contribution in [0.4, 0.5) is 0 Å². The first-order valence-electron chi connectivity index (χ1n) is 6.70. The van der Waals surface area contributed by atoms with E-state index in [0.717, 1.165) is 35.4 Å². The lowest BCUT2D eigenvalue weighted by Crippen LogP contribution is -2.11. The lowest BCUT2D eigenvalue weighted by molar-refractivity contribution is 0.974. The third-order valence-electron chi connectivity index (χ3n) is 3.54. The van der Waals surface area contributed by atoms with Crippen LogP contribution >= 0.6 is 12.6 Å². The van der Waals surface area contributed by atoms with Gasteiger partial charge in [-0.25, -0.2) is 4.99 Å². The van der Waals surface area contributed by atoms with E-state index in [4.69, 9.17) is 5.73 Å². The van der Waals surface area contributed by atoms with Crippen LogP contribution in [0.5, 0.6) is 0 Å². The Labute approximate surface area is 124 Å². The molecule has 1 aromatic rings. The number of nitrogens with zero attached hydrogens (tertiary/aromatic N) is 2. The number of nitrogens with two attached hydrogens (primary N) is 1. The zero-order chi connectivity index (χ0) is 14.1. The molecular weight excluding hydrogens is 266 g/mol. The van der Waals surface area contributed by atoms with Gasteiger partial charge in [0, 0.05) is 23.7 Å². The highest BCUT2D eigenvalue weighted by Crippen LogP contribution is 2.33. The average molecular weight is 283 g/mol. The highest BCUT2D eigenvalue weighted by atomic mass is 32.1. The van der Waals surface area contributed by atoms with E-state index >= 15 is 0 Å². The zero-order valence-electron chi connectivity index (χ0n) is 11.4. The number of pyridine rings is 1. The van der Waals surface area contributed by atoms with Gasteiger partial charge in [-0.2, -0.15) is 0 Å². The smallest absolute Gasteiger partial charge is 0.104 e. The van der Waals surface area contributed by atoms with Crippen LogP contribution in [0, 0.1) is 0 Å². The summed E-state index contributed by atoms with van der Waals surface area (Å²) in [5.41, 5.74) is 11.9. The molecule has 0 aromatic carbocycles. The van der Waals surface area contributed by atoms with Crippen molar-refractivity contribution in [3.05, 3.63) is 53.0 Å². The number of allylic oxidation sites excluding steroid dienone is 4. The summed E-state index contributed by atoms with van der Waals surface area (Å²) >= 11 is 4.35. The SMILES string of the molecule is CC1=CC2=C(C=C(c3cncc(S)c3)CC2)N=C(N)C1. The molecule has 1 aromatic heterocycles. The van der Waals surface area contributed by atoms with Gasteiger partial charge in [-0.15, -0.1) is 12.6 Å². The van der Waals surface area contributed by atoms with Crippen molar-refractivity contribution < 1.29 is 0 Å². The average Bonchev–Trinajstić information content (AvgIpc) is 2.54. The van der Waals surface area contributed by atoms with Gasteiger partial charge >= 0.3 is 0 Å². The molecule has 1 aliphatic heterocycles. The molecule has 2 heterocycles. The summed E-state index contributed by atoms with van der Waals surface area (Å²) in [6, 6.07) is 2.04. The second kappa shape index (κ2) is 5.29. The van der Waals surface area contributed by atoms with Crippen molar-refractivity contribution in [2.45, 2.75) is 31.1 Å². The molecule has 0 saturated carbocycles. The van der Waals surface area contributed by atoms with Crippen LogP contribution in [0.15, 0.2) is 57.3 Å². The van der Waals surface area contributed by atoms with E-state index in [-0.39, 0.29) is 0 Å². The Morgan fingerprint density at radius 3 is 2.85 bits per heavy atom. The Hall–Kier alpha value is -1.81. The number of amidine groups is 1. The maximum absolute atomic E-state index is 5.96. The van der Waals surface area contributed by atoms with Crippen molar-refractivity contribution in [3.63, 3.8) is 0 Å². The summed E-state index contributed by atoms with van der Waals surface area (Å²) in [7, 11) is 0. The van der Waals surface area contributed by atoms with Gasteiger partial charge in [-0.1, -0.05) is 11.6 Å². The highest BCUT2D eigenvalue weighted by Gasteiger charge is 2.16. The molecule has 4 heteroatoms. The van der Waals surface area contributed by atoms with E-state index in [0.29, 0.717) is 5.84 Å². The maximum Gasteiger partial charge on any atom is 0.104 e. The Kier molecular flexibility index (Phi) is 3.49. The van der Waals surface area contributed by atoms with E-state index in [1.165, 1.54) is 16.7 Å². The minimum absolute atomic E-state index is 0.683. The van der Waals surface area contributed by atoms with Gasteiger partial charge in [-0.3, -0.25) is 4.98 Å². The van der Waals surface area contributed by atoms with Crippen molar-refractivity contribution in [1.82, 2.24) is 4.98 Å². The molecule has 0 fully saturated rings. The van der Waals surface area contributed by atoms with Crippen LogP contribution < -0.4 is 5.73 Å². The lowest BCUT2D eigenvalue weighted by Gasteiger charge is -2.16. The summed E-state index contributed by atoms with van der Waals surface area (Å²) in [5, 5.41) is 0. The lowest BCUT2D eigenvalue weighted by atomic mass is 9.91. The molecule has 0 radical (unpaired) electrons. The van der Waals surface area contributed by atoms with Crippen LogP contribution in [0.3, 0.4) is 0 Å². The van der Waals surface area contributed by atoms with E-state index in [9.17, 15) is 0 Å². The molecule has 0 unspecified atom stereocenters. The standard InChI is InChI=1S/C16H17N3S/c1-10-4-12-3-2-11(7-15(12)19-16(17)5-10)13-6-14(20)9-18-8-13/h4,6-9,20H,2-3,5H2,1H3,(H2,17,19). The van der Waals surface area contributed by atoms with E-state index < -0.39 is 0 Å². The summed E-state index contributed by atoms with van der Waals surface area (Å²) in [6.07, 6.45) is 10.7. The summed E-state index contributed by atoms with van der Waals surface area (Å²) in [4.78, 5) is 9.63. The van der Waals surface area contributed by atoms with Gasteiger partial charge < -0.3 is 5.73 Å². The summed E-state index contributed by atoms with van der Waals surface area (Å²) in [6.45, 7) is 2.10. The van der Waals surface area contributed by atoms with Crippen LogP contribution in [0.1, 0.15) is 31.7 Å². The van der Waals surface area contributed by atoms with Crippen LogP contribution in [-0.2, 0) is 0 Å². The topological polar surface area (TPSA) is 51.3 Å². The number of rotatable bonds is 1. The molecule has 2 aliphatic rings. The highest BCUT2D eigenvalue weighted by molar-refractivity contribution is 7.80. The quantitative estimate of drug-likeness (QED) is 0.775. The zero-order valence-corrected chi connectivity index (χ0v) is 12.3. The minimum atomic E-state index is 0.683. The van der Waals surface area contributed by atoms with Crippen molar-refractivity contribution in [3.8, 4) is 0 Å².